The second-order valence-corrected chi connectivity index (χ2v) is 7.46. The Hall–Kier alpha value is -3.18. The number of nitrogens with zero attached hydrogens (tertiary/aromatic N) is 3. The first-order valence-corrected chi connectivity index (χ1v) is 9.74. The van der Waals surface area contributed by atoms with E-state index in [0.717, 1.165) is 16.5 Å². The van der Waals surface area contributed by atoms with Crippen molar-refractivity contribution in [2.24, 2.45) is 0 Å². The van der Waals surface area contributed by atoms with Crippen LogP contribution in [0.4, 0.5) is 0 Å². The van der Waals surface area contributed by atoms with Crippen molar-refractivity contribution in [3.8, 4) is 5.69 Å². The number of pyridine rings is 1. The Morgan fingerprint density at radius 3 is 2.57 bits per heavy atom. The van der Waals surface area contributed by atoms with Crippen molar-refractivity contribution >= 4 is 28.1 Å². The average molecular weight is 385 g/mol. The standard InChI is InChI=1S/C23H20N4S/c1-26-22(21(25-23(26)28)19-9-4-5-13-24-19)20-10-6-14-27(20)18-12-11-16-7-2-3-8-17(16)15-18/h2-15,21-22H,1H3,(H,25,28)/t21-,22+/m1/s1. The summed E-state index contributed by atoms with van der Waals surface area (Å²) in [5.41, 5.74) is 3.32. The number of likely N-dealkylation sites (N-methyl/N-ethyl adjacent to an activating group) is 1. The molecule has 1 N–H and O–H groups in total. The summed E-state index contributed by atoms with van der Waals surface area (Å²) in [6, 6.07) is 25.3. The highest BCUT2D eigenvalue weighted by Gasteiger charge is 2.39. The molecule has 3 heterocycles. The van der Waals surface area contributed by atoms with E-state index in [0.29, 0.717) is 0 Å². The molecule has 0 aliphatic carbocycles. The summed E-state index contributed by atoms with van der Waals surface area (Å²) in [6.07, 6.45) is 3.95. The Bertz CT molecular complexity index is 1150. The topological polar surface area (TPSA) is 33.1 Å². The zero-order chi connectivity index (χ0) is 19.1. The van der Waals surface area contributed by atoms with Gasteiger partial charge in [-0.25, -0.2) is 0 Å². The first kappa shape index (κ1) is 17.0. The minimum absolute atomic E-state index is 0.00723. The van der Waals surface area contributed by atoms with Crippen LogP contribution in [0.25, 0.3) is 16.5 Å². The molecule has 1 fully saturated rings. The lowest BCUT2D eigenvalue weighted by atomic mass is 10.0. The lowest BCUT2D eigenvalue weighted by Gasteiger charge is -2.26. The zero-order valence-electron chi connectivity index (χ0n) is 15.5. The van der Waals surface area contributed by atoms with Crippen LogP contribution in [-0.2, 0) is 0 Å². The summed E-state index contributed by atoms with van der Waals surface area (Å²) in [5.74, 6) is 0. The second-order valence-electron chi connectivity index (χ2n) is 7.07. The van der Waals surface area contributed by atoms with Gasteiger partial charge < -0.3 is 14.8 Å². The monoisotopic (exact) mass is 384 g/mol. The number of aromatic nitrogens is 2. The maximum absolute atomic E-state index is 5.57. The van der Waals surface area contributed by atoms with Crippen LogP contribution in [0.3, 0.4) is 0 Å². The van der Waals surface area contributed by atoms with Crippen molar-refractivity contribution in [2.75, 3.05) is 7.05 Å². The number of rotatable bonds is 3. The summed E-state index contributed by atoms with van der Waals surface area (Å²) in [6.45, 7) is 0. The lowest BCUT2D eigenvalue weighted by Crippen LogP contribution is -2.25. The number of fused-ring (bicyclic) bond motifs is 1. The van der Waals surface area contributed by atoms with E-state index in [1.807, 2.05) is 25.4 Å². The van der Waals surface area contributed by atoms with Gasteiger partial charge in [0.1, 0.15) is 0 Å². The Morgan fingerprint density at radius 2 is 1.75 bits per heavy atom. The van der Waals surface area contributed by atoms with E-state index in [1.165, 1.54) is 16.5 Å². The number of hydrogen-bond acceptors (Lipinski definition) is 2. The minimum Gasteiger partial charge on any atom is -0.352 e. The van der Waals surface area contributed by atoms with E-state index in [2.05, 4.69) is 86.6 Å². The lowest BCUT2D eigenvalue weighted by molar-refractivity contribution is 0.357. The summed E-state index contributed by atoms with van der Waals surface area (Å²) >= 11 is 5.57. The fraction of sp³-hybridized carbons (Fsp3) is 0.130. The molecule has 1 aliphatic rings. The van der Waals surface area contributed by atoms with Gasteiger partial charge in [0.2, 0.25) is 0 Å². The molecular weight excluding hydrogens is 364 g/mol. The molecular formula is C23H20N4S. The fourth-order valence-electron chi connectivity index (χ4n) is 4.03. The van der Waals surface area contributed by atoms with Crippen LogP contribution in [0.2, 0.25) is 0 Å². The molecule has 138 valence electrons. The molecule has 2 aromatic heterocycles. The van der Waals surface area contributed by atoms with Gasteiger partial charge in [0.15, 0.2) is 5.11 Å². The van der Waals surface area contributed by atoms with Gasteiger partial charge in [0.25, 0.3) is 0 Å². The second kappa shape index (κ2) is 6.77. The van der Waals surface area contributed by atoms with Gasteiger partial charge in [-0.05, 0) is 59.4 Å². The third-order valence-electron chi connectivity index (χ3n) is 5.43. The Kier molecular flexibility index (Phi) is 4.10. The van der Waals surface area contributed by atoms with E-state index in [4.69, 9.17) is 12.2 Å². The van der Waals surface area contributed by atoms with Gasteiger partial charge in [-0.3, -0.25) is 4.98 Å². The van der Waals surface area contributed by atoms with Gasteiger partial charge in [0, 0.05) is 30.8 Å². The average Bonchev–Trinajstić information content (AvgIpc) is 3.33. The van der Waals surface area contributed by atoms with Crippen molar-refractivity contribution in [3.63, 3.8) is 0 Å². The Balaban J connectivity index is 1.61. The van der Waals surface area contributed by atoms with Crippen molar-refractivity contribution in [1.29, 1.82) is 0 Å². The third-order valence-corrected chi connectivity index (χ3v) is 5.84. The van der Waals surface area contributed by atoms with Crippen LogP contribution in [0.1, 0.15) is 23.5 Å². The quantitative estimate of drug-likeness (QED) is 0.522. The predicted octanol–water partition coefficient (Wildman–Crippen LogP) is 4.63. The van der Waals surface area contributed by atoms with Crippen molar-refractivity contribution < 1.29 is 0 Å². The van der Waals surface area contributed by atoms with Gasteiger partial charge in [0.05, 0.1) is 17.8 Å². The molecule has 4 aromatic rings. The van der Waals surface area contributed by atoms with Crippen molar-refractivity contribution in [3.05, 3.63) is 96.6 Å². The summed E-state index contributed by atoms with van der Waals surface area (Å²) < 4.78 is 2.25. The van der Waals surface area contributed by atoms with Crippen LogP contribution in [0.5, 0.6) is 0 Å². The number of hydrogen-bond donors (Lipinski definition) is 1. The van der Waals surface area contributed by atoms with E-state index >= 15 is 0 Å². The molecule has 0 saturated carbocycles. The molecule has 4 nitrogen and oxygen atoms in total. The third kappa shape index (κ3) is 2.75. The highest BCUT2D eigenvalue weighted by Crippen LogP contribution is 2.38. The molecule has 5 rings (SSSR count). The first-order valence-electron chi connectivity index (χ1n) is 9.33. The largest absolute Gasteiger partial charge is 0.352 e. The van der Waals surface area contributed by atoms with Gasteiger partial charge >= 0.3 is 0 Å². The van der Waals surface area contributed by atoms with E-state index in [1.54, 1.807) is 0 Å². The summed E-state index contributed by atoms with van der Waals surface area (Å²) in [5, 5.41) is 6.66. The van der Waals surface area contributed by atoms with Crippen molar-refractivity contribution in [2.45, 2.75) is 12.1 Å². The van der Waals surface area contributed by atoms with E-state index < -0.39 is 0 Å². The van der Waals surface area contributed by atoms with Crippen LogP contribution in [-0.4, -0.2) is 26.6 Å². The fourth-order valence-corrected chi connectivity index (χ4v) is 4.27. The number of benzene rings is 2. The SMILES string of the molecule is CN1C(=S)N[C@H](c2ccccn2)[C@@H]1c1cccn1-c1ccc2ccccc2c1. The summed E-state index contributed by atoms with van der Waals surface area (Å²) in [7, 11) is 2.04. The van der Waals surface area contributed by atoms with Crippen LogP contribution in [0.15, 0.2) is 85.2 Å². The van der Waals surface area contributed by atoms with Crippen LogP contribution >= 0.6 is 12.2 Å². The molecule has 2 atom stereocenters. The zero-order valence-corrected chi connectivity index (χ0v) is 16.3. The number of thiocarbonyl (C=S) groups is 1. The van der Waals surface area contributed by atoms with Gasteiger partial charge in [-0.2, -0.15) is 0 Å². The smallest absolute Gasteiger partial charge is 0.169 e. The first-order chi connectivity index (χ1) is 13.7. The Morgan fingerprint density at radius 1 is 0.929 bits per heavy atom. The molecule has 0 amide bonds. The highest BCUT2D eigenvalue weighted by atomic mass is 32.1. The van der Waals surface area contributed by atoms with Crippen LogP contribution in [0, 0.1) is 0 Å². The van der Waals surface area contributed by atoms with Crippen LogP contribution < -0.4 is 5.32 Å². The molecule has 1 aliphatic heterocycles. The molecule has 0 bridgehead atoms. The normalized spacial score (nSPS) is 19.2. The molecule has 0 spiro atoms. The minimum atomic E-state index is 0.00723. The predicted molar refractivity (Wildman–Crippen MR) is 116 cm³/mol. The van der Waals surface area contributed by atoms with Crippen molar-refractivity contribution in [1.82, 2.24) is 19.8 Å². The molecule has 28 heavy (non-hydrogen) atoms. The highest BCUT2D eigenvalue weighted by molar-refractivity contribution is 7.80. The van der Waals surface area contributed by atoms with E-state index in [-0.39, 0.29) is 12.1 Å². The number of nitrogens with one attached hydrogen (secondary N) is 1. The molecule has 0 unspecified atom stereocenters. The van der Waals surface area contributed by atoms with Gasteiger partial charge in [-0.15, -0.1) is 0 Å². The Labute approximate surface area is 169 Å². The van der Waals surface area contributed by atoms with Gasteiger partial charge in [-0.1, -0.05) is 36.4 Å². The maximum Gasteiger partial charge on any atom is 0.169 e. The molecule has 5 heteroatoms. The molecule has 2 aromatic carbocycles. The maximum atomic E-state index is 5.57. The molecule has 1 saturated heterocycles. The van der Waals surface area contributed by atoms with E-state index in [9.17, 15) is 0 Å². The summed E-state index contributed by atoms with van der Waals surface area (Å²) in [4.78, 5) is 6.70. The molecule has 0 radical (unpaired) electrons.